The maximum atomic E-state index is 12.2. The fourth-order valence-electron chi connectivity index (χ4n) is 2.06. The average Bonchev–Trinajstić information content (AvgIpc) is 2.89. The molecule has 23 heavy (non-hydrogen) atoms. The Hall–Kier alpha value is -2.25. The van der Waals surface area contributed by atoms with Crippen LogP contribution in [-0.4, -0.2) is 35.6 Å². The predicted octanol–water partition coefficient (Wildman–Crippen LogP) is 2.27. The highest BCUT2D eigenvalue weighted by molar-refractivity contribution is 7.13. The van der Waals surface area contributed by atoms with Crippen LogP contribution >= 0.6 is 11.3 Å². The number of carboxylic acids is 1. The van der Waals surface area contributed by atoms with Crippen molar-refractivity contribution in [3.63, 3.8) is 0 Å². The third-order valence-corrected chi connectivity index (χ3v) is 4.34. The summed E-state index contributed by atoms with van der Waals surface area (Å²) >= 11 is 1.33. The number of carbonyl (C=O) groups excluding carboxylic acids is 1. The summed E-state index contributed by atoms with van der Waals surface area (Å²) in [5, 5.41) is 12.5. The first-order valence-electron chi connectivity index (χ1n) is 7.07. The number of methoxy groups -OCH3 is 1. The van der Waals surface area contributed by atoms with E-state index >= 15 is 0 Å². The molecular weight excluding hydrogens is 316 g/mol. The van der Waals surface area contributed by atoms with E-state index in [1.807, 2.05) is 0 Å². The Morgan fingerprint density at radius 2 is 2.00 bits per heavy atom. The second-order valence-electron chi connectivity index (χ2n) is 4.96. The summed E-state index contributed by atoms with van der Waals surface area (Å²) in [5.41, 5.74) is 1.92. The van der Waals surface area contributed by atoms with Crippen LogP contribution in [0.3, 0.4) is 0 Å². The molecule has 7 heteroatoms. The number of aromatic nitrogens is 1. The van der Waals surface area contributed by atoms with Gasteiger partial charge in [-0.15, -0.1) is 11.3 Å². The summed E-state index contributed by atoms with van der Waals surface area (Å²) in [6.07, 6.45) is 0.633. The van der Waals surface area contributed by atoms with Crippen LogP contribution in [0.4, 0.5) is 0 Å². The molecule has 0 unspecified atom stereocenters. The van der Waals surface area contributed by atoms with Crippen LogP contribution < -0.4 is 5.32 Å². The van der Waals surface area contributed by atoms with E-state index in [4.69, 9.17) is 9.84 Å². The number of ether oxygens (including phenoxy) is 1. The topological polar surface area (TPSA) is 88.5 Å². The minimum Gasteiger partial charge on any atom is -0.478 e. The maximum absolute atomic E-state index is 12.2. The second-order valence-corrected chi connectivity index (χ2v) is 6.05. The first-order valence-corrected chi connectivity index (χ1v) is 7.88. The van der Waals surface area contributed by atoms with Crippen LogP contribution in [0.5, 0.6) is 0 Å². The lowest BCUT2D eigenvalue weighted by Crippen LogP contribution is -2.25. The number of amides is 1. The standard InChI is InChI=1S/C16H18N2O4S/c1-10-14(23-13(18-10)9-22-2)15(19)17-8-7-11-3-5-12(6-4-11)16(20)21/h3-6H,7-9H2,1-2H3,(H,17,19)(H,20,21). The van der Waals surface area contributed by atoms with Gasteiger partial charge in [-0.1, -0.05) is 12.1 Å². The molecule has 1 aromatic carbocycles. The van der Waals surface area contributed by atoms with Gasteiger partial charge in [0.25, 0.3) is 5.91 Å². The fourth-order valence-corrected chi connectivity index (χ4v) is 3.02. The lowest BCUT2D eigenvalue weighted by molar-refractivity contribution is 0.0696. The molecule has 2 rings (SSSR count). The van der Waals surface area contributed by atoms with E-state index < -0.39 is 5.97 Å². The number of carboxylic acid groups (broad SMARTS) is 1. The van der Waals surface area contributed by atoms with E-state index in [0.717, 1.165) is 10.6 Å². The largest absolute Gasteiger partial charge is 0.478 e. The molecule has 1 amide bonds. The number of nitrogens with one attached hydrogen (secondary N) is 1. The van der Waals surface area contributed by atoms with E-state index in [0.29, 0.717) is 30.1 Å². The zero-order chi connectivity index (χ0) is 16.8. The van der Waals surface area contributed by atoms with Gasteiger partial charge in [0, 0.05) is 13.7 Å². The number of carbonyl (C=O) groups is 2. The van der Waals surface area contributed by atoms with Crippen molar-refractivity contribution in [3.8, 4) is 0 Å². The molecule has 0 atom stereocenters. The second kappa shape index (κ2) is 7.85. The van der Waals surface area contributed by atoms with Gasteiger partial charge in [-0.25, -0.2) is 9.78 Å². The molecule has 0 spiro atoms. The summed E-state index contributed by atoms with van der Waals surface area (Å²) in [4.78, 5) is 27.8. The quantitative estimate of drug-likeness (QED) is 0.811. The molecule has 2 N–H and O–H groups in total. The van der Waals surface area contributed by atoms with Crippen molar-refractivity contribution in [2.45, 2.75) is 20.0 Å². The van der Waals surface area contributed by atoms with Gasteiger partial charge in [-0.2, -0.15) is 0 Å². The minimum absolute atomic E-state index is 0.149. The van der Waals surface area contributed by atoms with Crippen LogP contribution in [0.2, 0.25) is 0 Å². The number of thiazole rings is 1. The van der Waals surface area contributed by atoms with Gasteiger partial charge >= 0.3 is 5.97 Å². The van der Waals surface area contributed by atoms with Gasteiger partial charge < -0.3 is 15.2 Å². The van der Waals surface area contributed by atoms with E-state index in [9.17, 15) is 9.59 Å². The Kier molecular flexibility index (Phi) is 5.84. The molecular formula is C16H18N2O4S. The molecule has 0 radical (unpaired) electrons. The SMILES string of the molecule is COCc1nc(C)c(C(=O)NCCc2ccc(C(=O)O)cc2)s1. The van der Waals surface area contributed by atoms with Crippen molar-refractivity contribution in [3.05, 3.63) is 51.0 Å². The number of rotatable bonds is 7. The lowest BCUT2D eigenvalue weighted by atomic mass is 10.1. The molecule has 0 bridgehead atoms. The van der Waals surface area contributed by atoms with Crippen LogP contribution in [0, 0.1) is 6.92 Å². The molecule has 2 aromatic rings. The monoisotopic (exact) mass is 334 g/mol. The third kappa shape index (κ3) is 4.61. The first-order chi connectivity index (χ1) is 11.0. The third-order valence-electron chi connectivity index (χ3n) is 3.22. The number of aryl methyl sites for hydroxylation is 1. The highest BCUT2D eigenvalue weighted by atomic mass is 32.1. The van der Waals surface area contributed by atoms with Crippen LogP contribution in [0.25, 0.3) is 0 Å². The fraction of sp³-hybridized carbons (Fsp3) is 0.312. The highest BCUT2D eigenvalue weighted by Gasteiger charge is 2.14. The van der Waals surface area contributed by atoms with Gasteiger partial charge in [-0.05, 0) is 31.0 Å². The number of aromatic carboxylic acids is 1. The summed E-state index contributed by atoms with van der Waals surface area (Å²) in [7, 11) is 1.59. The Balaban J connectivity index is 1.88. The van der Waals surface area contributed by atoms with Crippen molar-refractivity contribution >= 4 is 23.2 Å². The molecule has 1 aromatic heterocycles. The molecule has 122 valence electrons. The summed E-state index contributed by atoms with van der Waals surface area (Å²) in [6.45, 7) is 2.67. The van der Waals surface area contributed by atoms with Crippen molar-refractivity contribution in [1.82, 2.24) is 10.3 Å². The summed E-state index contributed by atoms with van der Waals surface area (Å²) in [6, 6.07) is 6.63. The molecule has 0 aliphatic carbocycles. The van der Waals surface area contributed by atoms with Gasteiger partial charge in [0.15, 0.2) is 0 Å². The molecule has 0 saturated carbocycles. The van der Waals surface area contributed by atoms with Crippen molar-refractivity contribution in [1.29, 1.82) is 0 Å². The normalized spacial score (nSPS) is 10.5. The zero-order valence-corrected chi connectivity index (χ0v) is 13.8. The Morgan fingerprint density at radius 1 is 1.30 bits per heavy atom. The van der Waals surface area contributed by atoms with Gasteiger partial charge in [-0.3, -0.25) is 4.79 Å². The molecule has 0 saturated heterocycles. The molecule has 1 heterocycles. The van der Waals surface area contributed by atoms with Gasteiger partial charge in [0.05, 0.1) is 17.9 Å². The van der Waals surface area contributed by atoms with Crippen molar-refractivity contribution < 1.29 is 19.4 Å². The van der Waals surface area contributed by atoms with Crippen molar-refractivity contribution in [2.75, 3.05) is 13.7 Å². The summed E-state index contributed by atoms with van der Waals surface area (Å²) < 4.78 is 5.02. The van der Waals surface area contributed by atoms with Gasteiger partial charge in [0.2, 0.25) is 0 Å². The van der Waals surface area contributed by atoms with E-state index in [1.165, 1.54) is 11.3 Å². The first kappa shape index (κ1) is 17.1. The Bertz CT molecular complexity index is 695. The van der Waals surface area contributed by atoms with Crippen LogP contribution in [0.1, 0.15) is 36.3 Å². The van der Waals surface area contributed by atoms with E-state index in [-0.39, 0.29) is 11.5 Å². The molecule has 6 nitrogen and oxygen atoms in total. The molecule has 0 aliphatic heterocycles. The predicted molar refractivity (Wildman–Crippen MR) is 87.0 cm³/mol. The van der Waals surface area contributed by atoms with E-state index in [1.54, 1.807) is 38.3 Å². The number of benzene rings is 1. The van der Waals surface area contributed by atoms with Crippen LogP contribution in [-0.2, 0) is 17.8 Å². The van der Waals surface area contributed by atoms with Crippen molar-refractivity contribution in [2.24, 2.45) is 0 Å². The number of nitrogens with zero attached hydrogens (tertiary/aromatic N) is 1. The Morgan fingerprint density at radius 3 is 2.61 bits per heavy atom. The van der Waals surface area contributed by atoms with Gasteiger partial charge in [0.1, 0.15) is 9.88 Å². The zero-order valence-electron chi connectivity index (χ0n) is 13.0. The molecule has 0 aliphatic rings. The number of hydrogen-bond donors (Lipinski definition) is 2. The smallest absolute Gasteiger partial charge is 0.335 e. The molecule has 0 fully saturated rings. The number of hydrogen-bond acceptors (Lipinski definition) is 5. The minimum atomic E-state index is -0.947. The average molecular weight is 334 g/mol. The maximum Gasteiger partial charge on any atom is 0.335 e. The van der Waals surface area contributed by atoms with E-state index in [2.05, 4.69) is 10.3 Å². The van der Waals surface area contributed by atoms with Crippen LogP contribution in [0.15, 0.2) is 24.3 Å². The highest BCUT2D eigenvalue weighted by Crippen LogP contribution is 2.18. The lowest BCUT2D eigenvalue weighted by Gasteiger charge is -2.05. The summed E-state index contributed by atoms with van der Waals surface area (Å²) in [5.74, 6) is -1.10. The Labute approximate surface area is 138 Å².